The fourth-order valence-electron chi connectivity index (χ4n) is 7.11. The summed E-state index contributed by atoms with van der Waals surface area (Å²) in [6.45, 7) is 4.70. The average Bonchev–Trinajstić information content (AvgIpc) is 3.05. The fraction of sp³-hybridized carbons (Fsp3) is 0.538. The summed E-state index contributed by atoms with van der Waals surface area (Å²) in [4.78, 5) is 24.6. The van der Waals surface area contributed by atoms with Crippen molar-refractivity contribution in [1.29, 1.82) is 0 Å². The molecule has 6 atom stereocenters. The molecule has 0 heterocycles. The fourth-order valence-corrected chi connectivity index (χ4v) is 7.11. The minimum absolute atomic E-state index is 0.00868. The van der Waals surface area contributed by atoms with Crippen molar-refractivity contribution in [2.24, 2.45) is 28.6 Å². The van der Waals surface area contributed by atoms with E-state index in [2.05, 4.69) is 19.9 Å². The molecule has 3 heteroatoms. The van der Waals surface area contributed by atoms with Crippen LogP contribution >= 0.6 is 0 Å². The molecule has 1 aromatic rings. The van der Waals surface area contributed by atoms with Crippen LogP contribution in [0.2, 0.25) is 0 Å². The first-order valence-electron chi connectivity index (χ1n) is 11.1. The second-order valence-electron chi connectivity index (χ2n) is 9.99. The molecule has 4 aliphatic carbocycles. The number of hydrogen-bond donors (Lipinski definition) is 0. The van der Waals surface area contributed by atoms with E-state index in [1.807, 2.05) is 36.4 Å². The monoisotopic (exact) mass is 390 g/mol. The first-order valence-corrected chi connectivity index (χ1v) is 11.1. The second-order valence-corrected chi connectivity index (χ2v) is 9.99. The predicted octanol–water partition coefficient (Wildman–Crippen LogP) is 5.52. The Morgan fingerprint density at radius 3 is 2.62 bits per heavy atom. The minimum Gasteiger partial charge on any atom is -0.458 e. The number of rotatable bonds is 2. The summed E-state index contributed by atoms with van der Waals surface area (Å²) in [5.41, 5.74) is 2.07. The molecule has 3 saturated carbocycles. The summed E-state index contributed by atoms with van der Waals surface area (Å²) in [5.74, 6) is 1.79. The van der Waals surface area contributed by atoms with Crippen LogP contribution in [0.4, 0.5) is 0 Å². The predicted molar refractivity (Wildman–Crippen MR) is 112 cm³/mol. The summed E-state index contributed by atoms with van der Waals surface area (Å²) in [7, 11) is 0. The summed E-state index contributed by atoms with van der Waals surface area (Å²) in [6, 6.07) is 9.36. The zero-order valence-electron chi connectivity index (χ0n) is 17.4. The lowest BCUT2D eigenvalue weighted by Crippen LogP contribution is -2.51. The third-order valence-electron chi connectivity index (χ3n) is 8.73. The molecule has 0 bridgehead atoms. The minimum atomic E-state index is -0.186. The Bertz CT molecular complexity index is 898. The molecule has 0 N–H and O–H groups in total. The van der Waals surface area contributed by atoms with Crippen molar-refractivity contribution in [3.05, 3.63) is 59.7 Å². The number of esters is 1. The maximum Gasteiger partial charge on any atom is 0.338 e. The highest BCUT2D eigenvalue weighted by molar-refractivity contribution is 6.01. The van der Waals surface area contributed by atoms with E-state index in [-0.39, 0.29) is 28.7 Å². The van der Waals surface area contributed by atoms with Gasteiger partial charge < -0.3 is 4.74 Å². The van der Waals surface area contributed by atoms with Gasteiger partial charge in [0.15, 0.2) is 5.78 Å². The third-order valence-corrected chi connectivity index (χ3v) is 8.73. The molecule has 0 spiro atoms. The number of allylic oxidation sites excluding steroid dienone is 4. The molecule has 0 aliphatic heterocycles. The Hall–Kier alpha value is -2.16. The largest absolute Gasteiger partial charge is 0.458 e. The Labute approximate surface area is 173 Å². The Morgan fingerprint density at radius 1 is 1.03 bits per heavy atom. The zero-order valence-corrected chi connectivity index (χ0v) is 17.4. The normalized spacial score (nSPS) is 40.5. The number of carbonyl (C=O) groups excluding carboxylic acids is 2. The number of hydrogen-bond acceptors (Lipinski definition) is 3. The van der Waals surface area contributed by atoms with Crippen molar-refractivity contribution in [3.8, 4) is 0 Å². The van der Waals surface area contributed by atoms with Crippen molar-refractivity contribution in [1.82, 2.24) is 0 Å². The van der Waals surface area contributed by atoms with Crippen molar-refractivity contribution < 1.29 is 14.3 Å². The Kier molecular flexibility index (Phi) is 4.34. The average molecular weight is 391 g/mol. The van der Waals surface area contributed by atoms with Crippen molar-refractivity contribution >= 4 is 11.8 Å². The van der Waals surface area contributed by atoms with Crippen LogP contribution in [0.15, 0.2) is 54.1 Å². The molecule has 0 unspecified atom stereocenters. The summed E-state index contributed by atoms with van der Waals surface area (Å²) >= 11 is 0. The van der Waals surface area contributed by atoms with Crippen LogP contribution in [0.5, 0.6) is 0 Å². The molecule has 0 amide bonds. The summed E-state index contributed by atoms with van der Waals surface area (Å²) < 4.78 is 6.09. The Balaban J connectivity index is 1.37. The van der Waals surface area contributed by atoms with E-state index in [1.165, 1.54) is 5.57 Å². The zero-order chi connectivity index (χ0) is 20.2. The first-order chi connectivity index (χ1) is 13.9. The summed E-state index contributed by atoms with van der Waals surface area (Å²) in [6.07, 6.45) is 12.4. The lowest BCUT2D eigenvalue weighted by Gasteiger charge is -2.56. The van der Waals surface area contributed by atoms with Gasteiger partial charge in [0.25, 0.3) is 0 Å². The quantitative estimate of drug-likeness (QED) is 0.625. The van der Waals surface area contributed by atoms with Crippen molar-refractivity contribution in [2.75, 3.05) is 0 Å². The maximum atomic E-state index is 12.7. The van der Waals surface area contributed by atoms with Gasteiger partial charge in [-0.3, -0.25) is 4.79 Å². The first kappa shape index (κ1) is 18.8. The number of ether oxygens (including phenoxy) is 1. The molecule has 0 saturated heterocycles. The summed E-state index contributed by atoms with van der Waals surface area (Å²) in [5, 5.41) is 0. The van der Waals surface area contributed by atoms with E-state index in [0.717, 1.165) is 38.5 Å². The van der Waals surface area contributed by atoms with Crippen LogP contribution in [0.25, 0.3) is 0 Å². The smallest absolute Gasteiger partial charge is 0.338 e. The van der Waals surface area contributed by atoms with Crippen LogP contribution in [0.3, 0.4) is 0 Å². The van der Waals surface area contributed by atoms with E-state index in [0.29, 0.717) is 23.3 Å². The van der Waals surface area contributed by atoms with E-state index in [1.54, 1.807) is 6.08 Å². The highest BCUT2D eigenvalue weighted by Crippen LogP contribution is 2.64. The molecule has 3 fully saturated rings. The lowest BCUT2D eigenvalue weighted by atomic mass is 9.48. The lowest BCUT2D eigenvalue weighted by molar-refractivity contribution is -0.111. The number of fused-ring (bicyclic) bond motifs is 5. The van der Waals surface area contributed by atoms with Gasteiger partial charge in [-0.15, -0.1) is 0 Å². The van der Waals surface area contributed by atoms with Gasteiger partial charge in [-0.25, -0.2) is 4.79 Å². The molecule has 5 rings (SSSR count). The van der Waals surface area contributed by atoms with Crippen LogP contribution in [0, 0.1) is 28.6 Å². The van der Waals surface area contributed by atoms with Gasteiger partial charge in [0, 0.05) is 10.8 Å². The van der Waals surface area contributed by atoms with Gasteiger partial charge in [-0.2, -0.15) is 0 Å². The molecule has 1 aromatic carbocycles. The number of carbonyl (C=O) groups is 2. The van der Waals surface area contributed by atoms with Crippen molar-refractivity contribution in [2.45, 2.75) is 58.5 Å². The standard InChI is InChI=1S/C26H30O3/c1-25-14-12-19(27)16-18(25)8-9-20-21-10-11-23(26(21,2)15-13-22(20)25)29-24(28)17-6-4-3-5-7-17/h3-7,12,14,16,20-23H,8-11,13,15H2,1-2H3/t20-,21-,22-,23-,25-,26-/m0/s1. The SMILES string of the molecule is C[C@]12CC[C@H]3[C@@H](CCC4=CC(=O)C=C[C@@]43C)[C@@H]1CC[C@@H]2OC(=O)c1ccccc1. The highest BCUT2D eigenvalue weighted by atomic mass is 16.5. The molecule has 4 aliphatic rings. The highest BCUT2D eigenvalue weighted by Gasteiger charge is 2.59. The van der Waals surface area contributed by atoms with Crippen LogP contribution in [-0.2, 0) is 9.53 Å². The Morgan fingerprint density at radius 2 is 1.83 bits per heavy atom. The van der Waals surface area contributed by atoms with E-state index in [4.69, 9.17) is 4.74 Å². The molecule has 0 radical (unpaired) electrons. The van der Waals surface area contributed by atoms with Crippen LogP contribution in [0.1, 0.15) is 62.7 Å². The van der Waals surface area contributed by atoms with E-state index >= 15 is 0 Å². The molecule has 3 nitrogen and oxygen atoms in total. The van der Waals surface area contributed by atoms with Gasteiger partial charge in [0.05, 0.1) is 5.56 Å². The van der Waals surface area contributed by atoms with Gasteiger partial charge in [0.1, 0.15) is 6.10 Å². The maximum absolute atomic E-state index is 12.7. The molecule has 152 valence electrons. The molecule has 29 heavy (non-hydrogen) atoms. The number of ketones is 1. The van der Waals surface area contributed by atoms with Gasteiger partial charge in [-0.05, 0) is 80.6 Å². The molecule has 0 aromatic heterocycles. The molecular formula is C26H30O3. The number of benzene rings is 1. The topological polar surface area (TPSA) is 43.4 Å². The van der Waals surface area contributed by atoms with E-state index < -0.39 is 0 Å². The van der Waals surface area contributed by atoms with Gasteiger partial charge in [-0.1, -0.05) is 43.7 Å². The van der Waals surface area contributed by atoms with Crippen molar-refractivity contribution in [3.63, 3.8) is 0 Å². The van der Waals surface area contributed by atoms with E-state index in [9.17, 15) is 9.59 Å². The van der Waals surface area contributed by atoms with Crippen LogP contribution in [-0.4, -0.2) is 17.9 Å². The third kappa shape index (κ3) is 2.85. The second kappa shape index (κ2) is 6.68. The van der Waals surface area contributed by atoms with Gasteiger partial charge >= 0.3 is 5.97 Å². The molecular weight excluding hydrogens is 360 g/mol. The van der Waals surface area contributed by atoms with Crippen LogP contribution < -0.4 is 0 Å². The van der Waals surface area contributed by atoms with Gasteiger partial charge in [0.2, 0.25) is 0 Å².